The fourth-order valence-electron chi connectivity index (χ4n) is 1.15. The van der Waals surface area contributed by atoms with Crippen molar-refractivity contribution in [2.75, 3.05) is 5.73 Å². The predicted molar refractivity (Wildman–Crippen MR) is 54.8 cm³/mol. The van der Waals surface area contributed by atoms with Gasteiger partial charge in [-0.2, -0.15) is 0 Å². The molecular formula is C9H13NO2S. The summed E-state index contributed by atoms with van der Waals surface area (Å²) in [6, 6.07) is 3.71. The first kappa shape index (κ1) is 10.2. The number of nitrogens with two attached hydrogens (primary N) is 1. The van der Waals surface area contributed by atoms with Gasteiger partial charge in [-0.15, -0.1) is 0 Å². The minimum absolute atomic E-state index is 0.104. The number of hydrogen-bond acceptors (Lipinski definition) is 2. The lowest BCUT2D eigenvalue weighted by molar-refractivity contribution is 0.563. The maximum absolute atomic E-state index is 10.6. The lowest BCUT2D eigenvalue weighted by Gasteiger charge is -2.08. The molecule has 0 saturated carbocycles. The number of benzene rings is 1. The van der Waals surface area contributed by atoms with E-state index in [1.54, 1.807) is 6.07 Å². The summed E-state index contributed by atoms with van der Waals surface area (Å²) < 4.78 is 19.3. The van der Waals surface area contributed by atoms with E-state index in [2.05, 4.69) is 0 Å². The molecule has 1 aromatic carbocycles. The zero-order valence-corrected chi connectivity index (χ0v) is 8.52. The third-order valence-electron chi connectivity index (χ3n) is 2.15. The van der Waals surface area contributed by atoms with E-state index in [0.29, 0.717) is 5.69 Å². The van der Waals surface area contributed by atoms with Gasteiger partial charge in [-0.25, -0.2) is 4.21 Å². The topological polar surface area (TPSA) is 63.3 Å². The van der Waals surface area contributed by atoms with Crippen molar-refractivity contribution >= 4 is 16.8 Å². The number of nitrogen functional groups attached to an aromatic ring is 1. The highest BCUT2D eigenvalue weighted by molar-refractivity contribution is 7.78. The summed E-state index contributed by atoms with van der Waals surface area (Å²) in [4.78, 5) is 0. The molecule has 0 fully saturated rings. The van der Waals surface area contributed by atoms with Gasteiger partial charge < -0.3 is 10.3 Å². The van der Waals surface area contributed by atoms with E-state index in [-0.39, 0.29) is 5.75 Å². The van der Waals surface area contributed by atoms with Crippen LogP contribution in [-0.4, -0.2) is 8.76 Å². The molecule has 1 unspecified atom stereocenters. The summed E-state index contributed by atoms with van der Waals surface area (Å²) in [5.74, 6) is 0.104. The monoisotopic (exact) mass is 199 g/mol. The molecule has 13 heavy (non-hydrogen) atoms. The van der Waals surface area contributed by atoms with Crippen LogP contribution in [0.25, 0.3) is 0 Å². The Morgan fingerprint density at radius 2 is 2.08 bits per heavy atom. The molecular weight excluding hydrogens is 186 g/mol. The molecule has 3 N–H and O–H groups in total. The van der Waals surface area contributed by atoms with Crippen molar-refractivity contribution in [2.24, 2.45) is 0 Å². The third kappa shape index (κ3) is 2.29. The van der Waals surface area contributed by atoms with Crippen LogP contribution in [0.3, 0.4) is 0 Å². The van der Waals surface area contributed by atoms with Crippen molar-refractivity contribution < 1.29 is 8.76 Å². The van der Waals surface area contributed by atoms with Crippen molar-refractivity contribution in [3.63, 3.8) is 0 Å². The molecule has 1 atom stereocenters. The molecule has 72 valence electrons. The third-order valence-corrected chi connectivity index (χ3v) is 2.71. The van der Waals surface area contributed by atoms with Crippen LogP contribution in [0, 0.1) is 13.8 Å². The highest BCUT2D eigenvalue weighted by atomic mass is 32.2. The molecule has 0 bridgehead atoms. The molecule has 0 aromatic heterocycles. The van der Waals surface area contributed by atoms with Crippen molar-refractivity contribution in [2.45, 2.75) is 19.6 Å². The zero-order chi connectivity index (χ0) is 10.0. The van der Waals surface area contributed by atoms with Crippen molar-refractivity contribution in [3.05, 3.63) is 28.8 Å². The number of anilines is 1. The summed E-state index contributed by atoms with van der Waals surface area (Å²) in [7, 11) is 0. The molecule has 0 aliphatic carbocycles. The fourth-order valence-corrected chi connectivity index (χ4v) is 1.67. The van der Waals surface area contributed by atoms with E-state index >= 15 is 0 Å². The van der Waals surface area contributed by atoms with Crippen LogP contribution in [0.2, 0.25) is 0 Å². The van der Waals surface area contributed by atoms with Gasteiger partial charge in [-0.05, 0) is 30.5 Å². The minimum atomic E-state index is -1.82. The summed E-state index contributed by atoms with van der Waals surface area (Å²) in [5, 5.41) is 0. The Hall–Kier alpha value is -0.870. The molecule has 1 aromatic rings. The molecule has 1 rings (SSSR count). The van der Waals surface area contributed by atoms with Crippen LogP contribution in [0.4, 0.5) is 5.69 Å². The molecule has 0 spiro atoms. The zero-order valence-electron chi connectivity index (χ0n) is 7.70. The molecule has 0 radical (unpaired) electrons. The molecule has 0 amide bonds. The van der Waals surface area contributed by atoms with Gasteiger partial charge in [-0.3, -0.25) is 0 Å². The molecule has 0 saturated heterocycles. The lowest BCUT2D eigenvalue weighted by atomic mass is 10.0. The van der Waals surface area contributed by atoms with Gasteiger partial charge in [0.1, 0.15) is 0 Å². The summed E-state index contributed by atoms with van der Waals surface area (Å²) in [6.07, 6.45) is 0. The Bertz CT molecular complexity index is 350. The van der Waals surface area contributed by atoms with Crippen LogP contribution in [-0.2, 0) is 16.8 Å². The minimum Gasteiger partial charge on any atom is -0.398 e. The molecule has 0 aliphatic rings. The van der Waals surface area contributed by atoms with Crippen molar-refractivity contribution in [3.8, 4) is 0 Å². The van der Waals surface area contributed by atoms with Gasteiger partial charge in [0.25, 0.3) is 0 Å². The smallest absolute Gasteiger partial charge is 0.157 e. The molecule has 0 heterocycles. The molecule has 0 aliphatic heterocycles. The van der Waals surface area contributed by atoms with Crippen LogP contribution < -0.4 is 5.73 Å². The average Bonchev–Trinajstić information content (AvgIpc) is 2.06. The number of hydrogen-bond donors (Lipinski definition) is 2. The maximum Gasteiger partial charge on any atom is 0.157 e. The Balaban J connectivity index is 3.10. The van der Waals surface area contributed by atoms with Gasteiger partial charge in [0.2, 0.25) is 0 Å². The van der Waals surface area contributed by atoms with Crippen LogP contribution in [0.5, 0.6) is 0 Å². The highest BCUT2D eigenvalue weighted by Crippen LogP contribution is 2.21. The first-order chi connectivity index (χ1) is 6.02. The summed E-state index contributed by atoms with van der Waals surface area (Å²) in [6.45, 7) is 3.87. The number of rotatable bonds is 2. The quantitative estimate of drug-likeness (QED) is 0.562. The van der Waals surface area contributed by atoms with E-state index in [1.807, 2.05) is 19.9 Å². The van der Waals surface area contributed by atoms with Crippen molar-refractivity contribution in [1.82, 2.24) is 0 Å². The summed E-state index contributed by atoms with van der Waals surface area (Å²) >= 11 is -1.82. The van der Waals surface area contributed by atoms with Crippen LogP contribution in [0.1, 0.15) is 16.7 Å². The van der Waals surface area contributed by atoms with Gasteiger partial charge in [0, 0.05) is 5.69 Å². The fraction of sp³-hybridized carbons (Fsp3) is 0.333. The predicted octanol–water partition coefficient (Wildman–Crippen LogP) is 1.61. The second-order valence-electron chi connectivity index (χ2n) is 3.05. The summed E-state index contributed by atoms with van der Waals surface area (Å²) in [5.41, 5.74) is 9.24. The van der Waals surface area contributed by atoms with Gasteiger partial charge >= 0.3 is 0 Å². The second kappa shape index (κ2) is 3.89. The number of aryl methyl sites for hydroxylation is 1. The first-order valence-electron chi connectivity index (χ1n) is 3.94. The highest BCUT2D eigenvalue weighted by Gasteiger charge is 2.06. The van der Waals surface area contributed by atoms with E-state index in [0.717, 1.165) is 16.7 Å². The van der Waals surface area contributed by atoms with Crippen molar-refractivity contribution in [1.29, 1.82) is 0 Å². The van der Waals surface area contributed by atoms with Crippen LogP contribution in [0.15, 0.2) is 12.1 Å². The lowest BCUT2D eigenvalue weighted by Crippen LogP contribution is -2.01. The first-order valence-corrected chi connectivity index (χ1v) is 5.22. The Kier molecular flexibility index (Phi) is 3.06. The largest absolute Gasteiger partial charge is 0.398 e. The van der Waals surface area contributed by atoms with Crippen LogP contribution >= 0.6 is 0 Å². The average molecular weight is 199 g/mol. The van der Waals surface area contributed by atoms with E-state index in [4.69, 9.17) is 10.3 Å². The maximum atomic E-state index is 10.6. The van der Waals surface area contributed by atoms with Gasteiger partial charge in [-0.1, -0.05) is 12.1 Å². The Labute approximate surface area is 80.2 Å². The molecule has 3 nitrogen and oxygen atoms in total. The Morgan fingerprint density at radius 3 is 2.62 bits per heavy atom. The SMILES string of the molecule is Cc1ccc(CS(=O)O)c(N)c1C. The van der Waals surface area contributed by atoms with E-state index in [1.165, 1.54) is 0 Å². The Morgan fingerprint density at radius 1 is 1.46 bits per heavy atom. The molecule has 4 heteroatoms. The van der Waals surface area contributed by atoms with E-state index in [9.17, 15) is 4.21 Å². The second-order valence-corrected chi connectivity index (χ2v) is 3.98. The van der Waals surface area contributed by atoms with Gasteiger partial charge in [0.15, 0.2) is 11.1 Å². The normalized spacial score (nSPS) is 12.8. The van der Waals surface area contributed by atoms with Gasteiger partial charge in [0.05, 0.1) is 5.75 Å². The van der Waals surface area contributed by atoms with E-state index < -0.39 is 11.1 Å². The standard InChI is InChI=1S/C9H13NO2S/c1-6-3-4-8(5-13(11)12)9(10)7(6)2/h3-4H,5,10H2,1-2H3,(H,11,12).